The normalized spacial score (nSPS) is 11.1. The second-order valence-corrected chi connectivity index (χ2v) is 2.44. The summed E-state index contributed by atoms with van der Waals surface area (Å²) in [7, 11) is 2.63. The second-order valence-electron chi connectivity index (χ2n) is 1.81. The number of allylic oxidation sites excluding steroid dienone is 4. The monoisotopic (exact) mass is 140 g/mol. The van der Waals surface area contributed by atoms with Crippen molar-refractivity contribution in [3.8, 4) is 0 Å². The molecule has 0 amide bonds. The molecule has 50 valence electrons. The molecule has 1 heteroatoms. The molecule has 0 N–H and O–H groups in total. The third-order valence-electron chi connectivity index (χ3n) is 1.13. The summed E-state index contributed by atoms with van der Waals surface area (Å²) >= 11 is 0. The number of hydrogen-bond acceptors (Lipinski definition) is 0. The molecule has 0 spiro atoms. The highest BCUT2D eigenvalue weighted by molar-refractivity contribution is 7.23. The van der Waals surface area contributed by atoms with Crippen molar-refractivity contribution in [2.45, 2.75) is 13.3 Å². The van der Waals surface area contributed by atoms with Gasteiger partial charge in [-0.2, -0.15) is 0 Å². The van der Waals surface area contributed by atoms with Crippen LogP contribution in [0.1, 0.15) is 13.3 Å². The number of hydrogen-bond donors (Lipinski definition) is 0. The lowest BCUT2D eigenvalue weighted by molar-refractivity contribution is 1.15. The molecule has 0 fully saturated rings. The topological polar surface area (TPSA) is 0 Å². The smallest absolute Gasteiger partial charge is 0.0277 e. The van der Waals surface area contributed by atoms with Gasteiger partial charge in [-0.05, 0) is 17.3 Å². The maximum atomic E-state index is 3.85. The molecule has 0 aromatic rings. The minimum Gasteiger partial charge on any atom is -0.105 e. The van der Waals surface area contributed by atoms with Gasteiger partial charge in [0.1, 0.15) is 0 Å². The molecule has 0 saturated heterocycles. The Hall–Kier alpha value is -0.350. The lowest BCUT2D eigenvalue weighted by atomic mass is 10.2. The van der Waals surface area contributed by atoms with E-state index in [1.54, 1.807) is 6.08 Å². The second kappa shape index (κ2) is 4.52. The highest BCUT2D eigenvalue weighted by atomic mass is 31.0. The van der Waals surface area contributed by atoms with Crippen LogP contribution < -0.4 is 0 Å². The Labute approximate surface area is 59.6 Å². The zero-order valence-corrected chi connectivity index (χ0v) is 7.01. The lowest BCUT2D eigenvalue weighted by Gasteiger charge is -1.98. The Bertz CT molecular complexity index is 143. The van der Waals surface area contributed by atoms with Gasteiger partial charge in [-0.1, -0.05) is 32.2 Å². The van der Waals surface area contributed by atoms with Crippen molar-refractivity contribution < 1.29 is 0 Å². The van der Waals surface area contributed by atoms with E-state index in [0.29, 0.717) is 0 Å². The van der Waals surface area contributed by atoms with Gasteiger partial charge in [0.05, 0.1) is 0 Å². The van der Waals surface area contributed by atoms with E-state index >= 15 is 0 Å². The molecule has 0 aliphatic rings. The predicted molar refractivity (Wildman–Crippen MR) is 47.4 cm³/mol. The van der Waals surface area contributed by atoms with Crippen molar-refractivity contribution in [3.63, 3.8) is 0 Å². The van der Waals surface area contributed by atoms with Crippen LogP contribution in [-0.2, 0) is 0 Å². The van der Waals surface area contributed by atoms with Gasteiger partial charge in [-0.25, -0.2) is 0 Å². The van der Waals surface area contributed by atoms with Crippen molar-refractivity contribution in [2.75, 3.05) is 0 Å². The van der Waals surface area contributed by atoms with Crippen LogP contribution in [0, 0.1) is 0 Å². The molecular formula is C8H13P. The van der Waals surface area contributed by atoms with E-state index in [1.807, 2.05) is 6.08 Å². The van der Waals surface area contributed by atoms with Gasteiger partial charge in [-0.3, -0.25) is 0 Å². The molecule has 0 radical (unpaired) electrons. The van der Waals surface area contributed by atoms with Crippen LogP contribution >= 0.6 is 9.24 Å². The van der Waals surface area contributed by atoms with E-state index in [0.717, 1.165) is 17.3 Å². The molecule has 1 atom stereocenters. The summed E-state index contributed by atoms with van der Waals surface area (Å²) < 4.78 is 0. The van der Waals surface area contributed by atoms with Crippen LogP contribution in [-0.4, -0.2) is 0 Å². The van der Waals surface area contributed by atoms with Gasteiger partial charge in [0, 0.05) is 0 Å². The molecular weight excluding hydrogens is 127 g/mol. The summed E-state index contributed by atoms with van der Waals surface area (Å²) in [5, 5.41) is 1.15. The standard InChI is InChI=1S/C8H13P/c1-4-6-8(9)7(3)5-2/h4,6H,1,3,5,9H2,2H3/b8-6+. The predicted octanol–water partition coefficient (Wildman–Crippen LogP) is 2.90. The van der Waals surface area contributed by atoms with Crippen molar-refractivity contribution in [2.24, 2.45) is 0 Å². The van der Waals surface area contributed by atoms with E-state index < -0.39 is 0 Å². The van der Waals surface area contributed by atoms with Gasteiger partial charge in [0.2, 0.25) is 0 Å². The molecule has 1 unspecified atom stereocenters. The fourth-order valence-electron chi connectivity index (χ4n) is 0.449. The van der Waals surface area contributed by atoms with Gasteiger partial charge in [0.15, 0.2) is 0 Å². The van der Waals surface area contributed by atoms with Crippen molar-refractivity contribution in [3.05, 3.63) is 36.2 Å². The average molecular weight is 140 g/mol. The van der Waals surface area contributed by atoms with E-state index in [2.05, 4.69) is 29.3 Å². The summed E-state index contributed by atoms with van der Waals surface area (Å²) in [6, 6.07) is 0. The Balaban J connectivity index is 4.01. The summed E-state index contributed by atoms with van der Waals surface area (Å²) in [6.07, 6.45) is 4.71. The first kappa shape index (κ1) is 8.65. The van der Waals surface area contributed by atoms with Crippen molar-refractivity contribution in [1.29, 1.82) is 0 Å². The molecule has 0 aliphatic carbocycles. The highest BCUT2D eigenvalue weighted by Gasteiger charge is 1.89. The fourth-order valence-corrected chi connectivity index (χ4v) is 0.789. The van der Waals surface area contributed by atoms with Gasteiger partial charge in [-0.15, -0.1) is 9.24 Å². The van der Waals surface area contributed by atoms with Crippen molar-refractivity contribution >= 4 is 9.24 Å². The van der Waals surface area contributed by atoms with Gasteiger partial charge in [0.25, 0.3) is 0 Å². The number of rotatable bonds is 3. The largest absolute Gasteiger partial charge is 0.105 e. The summed E-state index contributed by atoms with van der Waals surface area (Å²) in [4.78, 5) is 0. The first-order chi connectivity index (χ1) is 4.22. The fraction of sp³-hybridized carbons (Fsp3) is 0.250. The molecule has 0 bridgehead atoms. The minimum atomic E-state index is 1.00. The first-order valence-corrected chi connectivity index (χ1v) is 3.56. The van der Waals surface area contributed by atoms with E-state index in [1.165, 1.54) is 0 Å². The Kier molecular flexibility index (Phi) is 4.35. The Morgan fingerprint density at radius 1 is 1.67 bits per heavy atom. The molecule has 0 nitrogen and oxygen atoms in total. The Morgan fingerprint density at radius 2 is 2.22 bits per heavy atom. The molecule has 0 aromatic heterocycles. The average Bonchev–Trinajstić information content (AvgIpc) is 1.87. The first-order valence-electron chi connectivity index (χ1n) is 2.98. The maximum absolute atomic E-state index is 3.85. The molecule has 0 saturated carbocycles. The van der Waals surface area contributed by atoms with E-state index in [9.17, 15) is 0 Å². The van der Waals surface area contributed by atoms with Crippen LogP contribution in [0.2, 0.25) is 0 Å². The SMILES string of the molecule is C=C/C=C(/P)C(=C)CC. The lowest BCUT2D eigenvalue weighted by Crippen LogP contribution is -1.74. The molecule has 0 aromatic carbocycles. The summed E-state index contributed by atoms with van der Waals surface area (Å²) in [5.74, 6) is 0. The van der Waals surface area contributed by atoms with Gasteiger partial charge < -0.3 is 0 Å². The maximum Gasteiger partial charge on any atom is -0.0277 e. The van der Waals surface area contributed by atoms with E-state index in [4.69, 9.17) is 0 Å². The van der Waals surface area contributed by atoms with Crippen LogP contribution in [0.5, 0.6) is 0 Å². The van der Waals surface area contributed by atoms with Crippen molar-refractivity contribution in [1.82, 2.24) is 0 Å². The zero-order chi connectivity index (χ0) is 7.28. The van der Waals surface area contributed by atoms with E-state index in [-0.39, 0.29) is 0 Å². The summed E-state index contributed by atoms with van der Waals surface area (Å²) in [5.41, 5.74) is 1.15. The van der Waals surface area contributed by atoms with Crippen LogP contribution in [0.4, 0.5) is 0 Å². The molecule has 9 heavy (non-hydrogen) atoms. The Morgan fingerprint density at radius 3 is 2.56 bits per heavy atom. The zero-order valence-electron chi connectivity index (χ0n) is 5.85. The quantitative estimate of drug-likeness (QED) is 0.417. The minimum absolute atomic E-state index is 1.00. The van der Waals surface area contributed by atoms with Crippen LogP contribution in [0.25, 0.3) is 0 Å². The van der Waals surface area contributed by atoms with Crippen LogP contribution in [0.15, 0.2) is 36.2 Å². The molecule has 0 aliphatic heterocycles. The highest BCUT2D eigenvalue weighted by Crippen LogP contribution is 2.17. The summed E-state index contributed by atoms with van der Waals surface area (Å²) in [6.45, 7) is 9.53. The third-order valence-corrected chi connectivity index (χ3v) is 1.73. The third kappa shape index (κ3) is 3.26. The molecule has 0 rings (SSSR count). The van der Waals surface area contributed by atoms with Gasteiger partial charge >= 0.3 is 0 Å². The van der Waals surface area contributed by atoms with Crippen LogP contribution in [0.3, 0.4) is 0 Å². The molecule has 0 heterocycles.